The van der Waals surface area contributed by atoms with Gasteiger partial charge in [-0.1, -0.05) is 30.6 Å². The molecule has 0 saturated carbocycles. The first-order chi connectivity index (χ1) is 13.7. The zero-order chi connectivity index (χ0) is 19.3. The van der Waals surface area contributed by atoms with Gasteiger partial charge in [-0.2, -0.15) is 4.98 Å². The highest BCUT2D eigenvalue weighted by molar-refractivity contribution is 5.82. The number of nitrogens with zero attached hydrogens (tertiary/aromatic N) is 4. The molecule has 8 heteroatoms. The van der Waals surface area contributed by atoms with Crippen molar-refractivity contribution in [2.75, 3.05) is 32.8 Å². The van der Waals surface area contributed by atoms with Crippen molar-refractivity contribution < 1.29 is 18.8 Å². The largest absolute Gasteiger partial charge is 0.485 e. The number of aryl methyl sites for hydroxylation is 1. The van der Waals surface area contributed by atoms with Crippen molar-refractivity contribution in [1.29, 1.82) is 0 Å². The minimum absolute atomic E-state index is 0.0196. The molecule has 0 unspecified atom stereocenters. The SMILES string of the molecule is CCCCc1noc(CN2CCN(C(=O)[C@@H]3COc4ccccc4O3)CC2)n1. The summed E-state index contributed by atoms with van der Waals surface area (Å²) >= 11 is 0. The molecular formula is C20H26N4O4. The molecule has 1 aromatic heterocycles. The van der Waals surface area contributed by atoms with Crippen molar-refractivity contribution in [3.8, 4) is 11.5 Å². The molecule has 8 nitrogen and oxygen atoms in total. The van der Waals surface area contributed by atoms with E-state index in [1.54, 1.807) is 0 Å². The maximum atomic E-state index is 12.8. The molecule has 2 aliphatic heterocycles. The third-order valence-electron chi connectivity index (χ3n) is 5.09. The summed E-state index contributed by atoms with van der Waals surface area (Å²) in [7, 11) is 0. The van der Waals surface area contributed by atoms with E-state index in [9.17, 15) is 4.79 Å². The van der Waals surface area contributed by atoms with Crippen LogP contribution in [0, 0.1) is 0 Å². The number of unbranched alkanes of at least 4 members (excludes halogenated alkanes) is 1. The zero-order valence-electron chi connectivity index (χ0n) is 16.2. The molecule has 0 bridgehead atoms. The highest BCUT2D eigenvalue weighted by atomic mass is 16.6. The number of rotatable bonds is 6. The smallest absolute Gasteiger partial charge is 0.267 e. The highest BCUT2D eigenvalue weighted by Crippen LogP contribution is 2.31. The number of carbonyl (C=O) groups is 1. The van der Waals surface area contributed by atoms with Gasteiger partial charge in [-0.25, -0.2) is 0 Å². The average Bonchev–Trinajstić information content (AvgIpc) is 3.19. The second-order valence-electron chi connectivity index (χ2n) is 7.17. The van der Waals surface area contributed by atoms with Crippen LogP contribution in [0.2, 0.25) is 0 Å². The molecule has 0 spiro atoms. The summed E-state index contributed by atoms with van der Waals surface area (Å²) in [5.41, 5.74) is 0. The van der Waals surface area contributed by atoms with Gasteiger partial charge in [-0.3, -0.25) is 9.69 Å². The number of hydrogen-bond donors (Lipinski definition) is 0. The van der Waals surface area contributed by atoms with Gasteiger partial charge < -0.3 is 18.9 Å². The van der Waals surface area contributed by atoms with Crippen LogP contribution >= 0.6 is 0 Å². The minimum Gasteiger partial charge on any atom is -0.485 e. The number of ether oxygens (including phenoxy) is 2. The van der Waals surface area contributed by atoms with Crippen LogP contribution in [0.1, 0.15) is 31.5 Å². The molecule has 1 amide bonds. The first-order valence-corrected chi connectivity index (χ1v) is 9.94. The van der Waals surface area contributed by atoms with Gasteiger partial charge >= 0.3 is 0 Å². The molecule has 3 heterocycles. The number of piperazine rings is 1. The maximum absolute atomic E-state index is 12.8. The van der Waals surface area contributed by atoms with Crippen molar-refractivity contribution in [2.24, 2.45) is 0 Å². The predicted octanol–water partition coefficient (Wildman–Crippen LogP) is 1.90. The summed E-state index contributed by atoms with van der Waals surface area (Å²) < 4.78 is 16.9. The molecule has 0 aliphatic carbocycles. The summed E-state index contributed by atoms with van der Waals surface area (Å²) in [5, 5.41) is 4.03. The van der Waals surface area contributed by atoms with Gasteiger partial charge in [-0.05, 0) is 18.6 Å². The van der Waals surface area contributed by atoms with Crippen molar-refractivity contribution in [1.82, 2.24) is 19.9 Å². The van der Waals surface area contributed by atoms with E-state index in [-0.39, 0.29) is 12.5 Å². The average molecular weight is 386 g/mol. The molecule has 1 saturated heterocycles. The van der Waals surface area contributed by atoms with Crippen molar-refractivity contribution in [3.63, 3.8) is 0 Å². The number of benzene rings is 1. The first kappa shape index (κ1) is 18.7. The van der Waals surface area contributed by atoms with E-state index in [0.717, 1.165) is 38.2 Å². The number of aromatic nitrogens is 2. The Labute approximate surface area is 164 Å². The molecule has 28 heavy (non-hydrogen) atoms. The third kappa shape index (κ3) is 4.27. The molecule has 1 atom stereocenters. The Morgan fingerprint density at radius 1 is 1.18 bits per heavy atom. The molecule has 0 radical (unpaired) electrons. The molecule has 1 aromatic carbocycles. The quantitative estimate of drug-likeness (QED) is 0.750. The maximum Gasteiger partial charge on any atom is 0.267 e. The number of amides is 1. The van der Waals surface area contributed by atoms with E-state index in [0.29, 0.717) is 37.0 Å². The van der Waals surface area contributed by atoms with Gasteiger partial charge in [0, 0.05) is 32.6 Å². The van der Waals surface area contributed by atoms with Gasteiger partial charge in [0.2, 0.25) is 12.0 Å². The minimum atomic E-state index is -0.585. The lowest BCUT2D eigenvalue weighted by atomic mass is 10.2. The molecule has 2 aromatic rings. The molecule has 150 valence electrons. The Balaban J connectivity index is 1.26. The van der Waals surface area contributed by atoms with Crippen LogP contribution in [0.4, 0.5) is 0 Å². The highest BCUT2D eigenvalue weighted by Gasteiger charge is 2.32. The Morgan fingerprint density at radius 3 is 2.75 bits per heavy atom. The van der Waals surface area contributed by atoms with Crippen LogP contribution in [0.25, 0.3) is 0 Å². The van der Waals surface area contributed by atoms with Crippen LogP contribution in [0.3, 0.4) is 0 Å². The molecule has 4 rings (SSSR count). The third-order valence-corrected chi connectivity index (χ3v) is 5.09. The fourth-order valence-electron chi connectivity index (χ4n) is 3.45. The number of fused-ring (bicyclic) bond motifs is 1. The lowest BCUT2D eigenvalue weighted by Gasteiger charge is -2.36. The van der Waals surface area contributed by atoms with E-state index in [1.807, 2.05) is 29.2 Å². The number of para-hydroxylation sites is 2. The van der Waals surface area contributed by atoms with Crippen LogP contribution in [-0.2, 0) is 17.8 Å². The van der Waals surface area contributed by atoms with E-state index < -0.39 is 6.10 Å². The lowest BCUT2D eigenvalue weighted by molar-refractivity contribution is -0.143. The molecule has 0 N–H and O–H groups in total. The fraction of sp³-hybridized carbons (Fsp3) is 0.550. The van der Waals surface area contributed by atoms with Gasteiger partial charge in [-0.15, -0.1) is 0 Å². The van der Waals surface area contributed by atoms with E-state index in [2.05, 4.69) is 22.0 Å². The van der Waals surface area contributed by atoms with Gasteiger partial charge in [0.25, 0.3) is 5.91 Å². The number of hydrogen-bond acceptors (Lipinski definition) is 7. The van der Waals surface area contributed by atoms with E-state index in [4.69, 9.17) is 14.0 Å². The van der Waals surface area contributed by atoms with Crippen LogP contribution in [0.15, 0.2) is 28.8 Å². The van der Waals surface area contributed by atoms with Gasteiger partial charge in [0.05, 0.1) is 6.54 Å². The van der Waals surface area contributed by atoms with Crippen molar-refractivity contribution >= 4 is 5.91 Å². The normalized spacial score (nSPS) is 19.6. The number of carbonyl (C=O) groups excluding carboxylic acids is 1. The lowest BCUT2D eigenvalue weighted by Crippen LogP contribution is -2.53. The first-order valence-electron chi connectivity index (χ1n) is 9.94. The summed E-state index contributed by atoms with van der Waals surface area (Å²) in [5.74, 6) is 2.72. The Hall–Kier alpha value is -2.61. The predicted molar refractivity (Wildman–Crippen MR) is 101 cm³/mol. The van der Waals surface area contributed by atoms with E-state index >= 15 is 0 Å². The Bertz CT molecular complexity index is 801. The van der Waals surface area contributed by atoms with Gasteiger partial charge in [0.1, 0.15) is 6.61 Å². The summed E-state index contributed by atoms with van der Waals surface area (Å²) in [4.78, 5) is 21.3. The standard InChI is InChI=1S/C20H26N4O4/c1-2-3-8-18-21-19(28-22-18)13-23-9-11-24(12-10-23)20(25)17-14-26-15-6-4-5-7-16(15)27-17/h4-7,17H,2-3,8-14H2,1H3/t17-/m0/s1. The van der Waals surface area contributed by atoms with Crippen LogP contribution in [0.5, 0.6) is 11.5 Å². The van der Waals surface area contributed by atoms with Crippen LogP contribution < -0.4 is 9.47 Å². The van der Waals surface area contributed by atoms with Crippen LogP contribution in [-0.4, -0.2) is 64.7 Å². The molecule has 1 fully saturated rings. The van der Waals surface area contributed by atoms with E-state index in [1.165, 1.54) is 0 Å². The molecular weight excluding hydrogens is 360 g/mol. The fourth-order valence-corrected chi connectivity index (χ4v) is 3.45. The molecule has 2 aliphatic rings. The second kappa shape index (κ2) is 8.60. The Kier molecular flexibility index (Phi) is 5.76. The topological polar surface area (TPSA) is 80.9 Å². The second-order valence-corrected chi connectivity index (χ2v) is 7.17. The monoisotopic (exact) mass is 386 g/mol. The summed E-state index contributed by atoms with van der Waals surface area (Å²) in [6, 6.07) is 7.44. The zero-order valence-corrected chi connectivity index (χ0v) is 16.2. The summed E-state index contributed by atoms with van der Waals surface area (Å²) in [6.45, 7) is 5.85. The summed E-state index contributed by atoms with van der Waals surface area (Å²) in [6.07, 6.45) is 2.45. The Morgan fingerprint density at radius 2 is 1.96 bits per heavy atom. The van der Waals surface area contributed by atoms with Crippen molar-refractivity contribution in [3.05, 3.63) is 36.0 Å². The van der Waals surface area contributed by atoms with Gasteiger partial charge in [0.15, 0.2) is 17.3 Å². The van der Waals surface area contributed by atoms with Crippen molar-refractivity contribution in [2.45, 2.75) is 38.8 Å².